The first-order valence-corrected chi connectivity index (χ1v) is 10.1. The van der Waals surface area contributed by atoms with E-state index in [1.165, 1.54) is 4.90 Å². The Hall–Kier alpha value is -3.35. The first-order chi connectivity index (χ1) is 14.5. The number of likely N-dealkylation sites (N-methyl/N-ethyl adjacent to an activating group) is 1. The molecule has 3 rings (SSSR count). The molecule has 0 fully saturated rings. The summed E-state index contributed by atoms with van der Waals surface area (Å²) in [7, 11) is 1.64. The van der Waals surface area contributed by atoms with E-state index < -0.39 is 0 Å². The van der Waals surface area contributed by atoms with E-state index in [0.29, 0.717) is 29.3 Å². The molecule has 0 saturated carbocycles. The lowest BCUT2D eigenvalue weighted by Gasteiger charge is -2.26. The Bertz CT molecular complexity index is 924. The van der Waals surface area contributed by atoms with Gasteiger partial charge in [-0.05, 0) is 48.9 Å². The maximum Gasteiger partial charge on any atom is 0.264 e. The maximum atomic E-state index is 12.5. The highest BCUT2D eigenvalue weighted by Crippen LogP contribution is 2.32. The topological polar surface area (TPSA) is 84.9 Å². The third kappa shape index (κ3) is 5.37. The zero-order chi connectivity index (χ0) is 21.5. The molecule has 30 heavy (non-hydrogen) atoms. The van der Waals surface area contributed by atoms with Gasteiger partial charge in [0.25, 0.3) is 5.91 Å². The number of Topliss-reactive ketones (excluding diaryl/α,β-unsaturated/α-hetero) is 1. The van der Waals surface area contributed by atoms with Crippen LogP contribution in [0.3, 0.4) is 0 Å². The SMILES string of the molecule is CCCCOc1ccc(NC(=O)CCC(=O)c2ccc3c(c2)N(C)C(=O)CO3)cc1. The molecule has 0 bridgehead atoms. The number of anilines is 2. The van der Waals surface area contributed by atoms with Crippen LogP contribution in [0.5, 0.6) is 11.5 Å². The molecule has 1 N–H and O–H groups in total. The molecular weight excluding hydrogens is 384 g/mol. The van der Waals surface area contributed by atoms with Gasteiger partial charge < -0.3 is 19.7 Å². The maximum absolute atomic E-state index is 12.5. The highest BCUT2D eigenvalue weighted by atomic mass is 16.5. The number of benzene rings is 2. The summed E-state index contributed by atoms with van der Waals surface area (Å²) in [6.07, 6.45) is 2.20. The summed E-state index contributed by atoms with van der Waals surface area (Å²) >= 11 is 0. The monoisotopic (exact) mass is 410 g/mol. The fraction of sp³-hybridized carbons (Fsp3) is 0.348. The molecule has 0 atom stereocenters. The summed E-state index contributed by atoms with van der Waals surface area (Å²) in [5.41, 5.74) is 1.66. The van der Waals surface area contributed by atoms with Gasteiger partial charge in [-0.1, -0.05) is 13.3 Å². The Balaban J connectivity index is 1.51. The van der Waals surface area contributed by atoms with Crippen LogP contribution in [0.15, 0.2) is 42.5 Å². The quantitative estimate of drug-likeness (QED) is 0.502. The Morgan fingerprint density at radius 1 is 1.13 bits per heavy atom. The van der Waals surface area contributed by atoms with Gasteiger partial charge in [0.2, 0.25) is 5.91 Å². The Morgan fingerprint density at radius 2 is 1.90 bits per heavy atom. The molecule has 1 heterocycles. The lowest BCUT2D eigenvalue weighted by atomic mass is 10.0. The van der Waals surface area contributed by atoms with Crippen LogP contribution in [-0.2, 0) is 9.59 Å². The van der Waals surface area contributed by atoms with E-state index >= 15 is 0 Å². The van der Waals surface area contributed by atoms with Gasteiger partial charge in [-0.3, -0.25) is 14.4 Å². The van der Waals surface area contributed by atoms with E-state index in [4.69, 9.17) is 9.47 Å². The molecule has 0 saturated heterocycles. The summed E-state index contributed by atoms with van der Waals surface area (Å²) in [5, 5.41) is 2.79. The zero-order valence-electron chi connectivity index (χ0n) is 17.3. The normalized spacial score (nSPS) is 12.7. The number of ketones is 1. The first-order valence-electron chi connectivity index (χ1n) is 10.1. The van der Waals surface area contributed by atoms with E-state index in [1.807, 2.05) is 12.1 Å². The lowest BCUT2D eigenvalue weighted by Crippen LogP contribution is -2.35. The Kier molecular flexibility index (Phi) is 7.06. The average Bonchev–Trinajstić information content (AvgIpc) is 2.76. The number of nitrogens with zero attached hydrogens (tertiary/aromatic N) is 1. The van der Waals surface area contributed by atoms with E-state index in [1.54, 1.807) is 37.4 Å². The molecule has 1 aliphatic heterocycles. The Morgan fingerprint density at radius 3 is 2.63 bits per heavy atom. The molecule has 158 valence electrons. The fourth-order valence-corrected chi connectivity index (χ4v) is 3.01. The van der Waals surface area contributed by atoms with E-state index in [9.17, 15) is 14.4 Å². The number of unbranched alkanes of at least 4 members (excludes halogenated alkanes) is 1. The summed E-state index contributed by atoms with van der Waals surface area (Å²) < 4.78 is 11.0. The van der Waals surface area contributed by atoms with E-state index in [-0.39, 0.29) is 37.0 Å². The van der Waals surface area contributed by atoms with E-state index in [2.05, 4.69) is 12.2 Å². The third-order valence-corrected chi connectivity index (χ3v) is 4.85. The number of hydrogen-bond donors (Lipinski definition) is 1. The zero-order valence-corrected chi connectivity index (χ0v) is 17.3. The highest BCUT2D eigenvalue weighted by Gasteiger charge is 2.23. The van der Waals surface area contributed by atoms with Gasteiger partial charge in [0.15, 0.2) is 12.4 Å². The van der Waals surface area contributed by atoms with Gasteiger partial charge in [-0.2, -0.15) is 0 Å². The van der Waals surface area contributed by atoms with Gasteiger partial charge in [-0.25, -0.2) is 0 Å². The molecule has 7 heteroatoms. The molecule has 1 aliphatic rings. The number of nitrogens with one attached hydrogen (secondary N) is 1. The number of hydrogen-bond acceptors (Lipinski definition) is 5. The summed E-state index contributed by atoms with van der Waals surface area (Å²) in [6, 6.07) is 12.1. The Labute approximate surface area is 176 Å². The van der Waals surface area contributed by atoms with Gasteiger partial charge in [-0.15, -0.1) is 0 Å². The van der Waals surface area contributed by atoms with Crippen LogP contribution in [0, 0.1) is 0 Å². The van der Waals surface area contributed by atoms with Gasteiger partial charge in [0.05, 0.1) is 12.3 Å². The lowest BCUT2D eigenvalue weighted by molar-refractivity contribution is -0.121. The van der Waals surface area contributed by atoms with Crippen molar-refractivity contribution in [2.24, 2.45) is 0 Å². The predicted octanol–water partition coefficient (Wildman–Crippen LogP) is 3.82. The largest absolute Gasteiger partial charge is 0.494 e. The number of ether oxygens (including phenoxy) is 2. The highest BCUT2D eigenvalue weighted by molar-refractivity contribution is 6.03. The summed E-state index contributed by atoms with van der Waals surface area (Å²) in [6.45, 7) is 2.76. The number of amides is 2. The van der Waals surface area contributed by atoms with Crippen LogP contribution >= 0.6 is 0 Å². The van der Waals surface area contributed by atoms with Crippen molar-refractivity contribution in [2.75, 3.05) is 30.5 Å². The van der Waals surface area contributed by atoms with Crippen molar-refractivity contribution in [1.82, 2.24) is 0 Å². The minimum Gasteiger partial charge on any atom is -0.494 e. The van der Waals surface area contributed by atoms with Gasteiger partial charge >= 0.3 is 0 Å². The molecule has 0 spiro atoms. The summed E-state index contributed by atoms with van der Waals surface area (Å²) in [4.78, 5) is 37.9. The standard InChI is InChI=1S/C23H26N2O5/c1-3-4-13-29-18-8-6-17(7-9-18)24-22(27)12-10-20(26)16-5-11-21-19(14-16)25(2)23(28)15-30-21/h5-9,11,14H,3-4,10,12-13,15H2,1-2H3,(H,24,27). The van der Waals surface area contributed by atoms with Crippen LogP contribution in [0.25, 0.3) is 0 Å². The molecule has 2 aromatic carbocycles. The van der Waals surface area contributed by atoms with Crippen LogP contribution in [0.1, 0.15) is 43.0 Å². The minimum absolute atomic E-state index is 0.0111. The second-order valence-electron chi connectivity index (χ2n) is 7.12. The van der Waals surface area contributed by atoms with Crippen molar-refractivity contribution in [3.63, 3.8) is 0 Å². The number of carbonyl (C=O) groups is 3. The molecule has 2 amide bonds. The van der Waals surface area contributed by atoms with Crippen molar-refractivity contribution in [3.8, 4) is 11.5 Å². The molecule has 0 unspecified atom stereocenters. The molecule has 0 aromatic heterocycles. The van der Waals surface area contributed by atoms with Crippen LogP contribution in [0.2, 0.25) is 0 Å². The molecule has 0 radical (unpaired) electrons. The first kappa shape index (κ1) is 21.4. The molecule has 2 aromatic rings. The molecule has 7 nitrogen and oxygen atoms in total. The van der Waals surface area contributed by atoms with Crippen molar-refractivity contribution in [1.29, 1.82) is 0 Å². The van der Waals surface area contributed by atoms with Crippen LogP contribution in [0.4, 0.5) is 11.4 Å². The van der Waals surface area contributed by atoms with Crippen molar-refractivity contribution < 1.29 is 23.9 Å². The minimum atomic E-state index is -0.239. The van der Waals surface area contributed by atoms with Crippen molar-refractivity contribution >= 4 is 29.0 Å². The molecule has 0 aliphatic carbocycles. The second-order valence-corrected chi connectivity index (χ2v) is 7.12. The van der Waals surface area contributed by atoms with Crippen LogP contribution in [-0.4, -0.2) is 37.9 Å². The van der Waals surface area contributed by atoms with Crippen molar-refractivity contribution in [2.45, 2.75) is 32.6 Å². The van der Waals surface area contributed by atoms with E-state index in [0.717, 1.165) is 18.6 Å². The molecular formula is C23H26N2O5. The number of fused-ring (bicyclic) bond motifs is 1. The number of carbonyl (C=O) groups excluding carboxylic acids is 3. The average molecular weight is 410 g/mol. The predicted molar refractivity (Wildman–Crippen MR) is 114 cm³/mol. The summed E-state index contributed by atoms with van der Waals surface area (Å²) in [5.74, 6) is 0.744. The third-order valence-electron chi connectivity index (χ3n) is 4.85. The smallest absolute Gasteiger partial charge is 0.264 e. The second kappa shape index (κ2) is 9.91. The fourth-order valence-electron chi connectivity index (χ4n) is 3.01. The van der Waals surface area contributed by atoms with Gasteiger partial charge in [0.1, 0.15) is 11.5 Å². The van der Waals surface area contributed by atoms with Gasteiger partial charge in [0, 0.05) is 31.1 Å². The number of rotatable bonds is 9. The van der Waals surface area contributed by atoms with Crippen LogP contribution < -0.4 is 19.7 Å². The van der Waals surface area contributed by atoms with Crippen molar-refractivity contribution in [3.05, 3.63) is 48.0 Å².